The van der Waals surface area contributed by atoms with Gasteiger partial charge < -0.3 is 4.40 Å². The van der Waals surface area contributed by atoms with Gasteiger partial charge in [0.15, 0.2) is 5.16 Å². The minimum absolute atomic E-state index is 0.0301. The molecule has 5 rings (SSSR count). The van der Waals surface area contributed by atoms with Gasteiger partial charge in [-0.25, -0.2) is 9.97 Å². The average molecular weight is 431 g/mol. The summed E-state index contributed by atoms with van der Waals surface area (Å²) in [5, 5.41) is 3.37. The molecule has 5 aromatic rings. The van der Waals surface area contributed by atoms with Crippen LogP contribution in [0.5, 0.6) is 0 Å². The molecule has 0 saturated heterocycles. The number of hydrogen-bond acceptors (Lipinski definition) is 5. The third-order valence-corrected chi connectivity index (χ3v) is 6.70. The molecule has 0 N–H and O–H groups in total. The van der Waals surface area contributed by atoms with Crippen LogP contribution in [0.3, 0.4) is 0 Å². The van der Waals surface area contributed by atoms with E-state index in [1.165, 1.54) is 23.1 Å². The third-order valence-electron chi connectivity index (χ3n) is 4.82. The van der Waals surface area contributed by atoms with Crippen molar-refractivity contribution in [2.75, 3.05) is 0 Å². The molecule has 0 saturated carbocycles. The summed E-state index contributed by atoms with van der Waals surface area (Å²) >= 11 is 3.03. The van der Waals surface area contributed by atoms with E-state index in [-0.39, 0.29) is 5.56 Å². The van der Waals surface area contributed by atoms with Crippen LogP contribution in [0.2, 0.25) is 0 Å². The van der Waals surface area contributed by atoms with Crippen molar-refractivity contribution in [3.05, 3.63) is 95.0 Å². The van der Waals surface area contributed by atoms with E-state index in [9.17, 15) is 4.79 Å². The van der Waals surface area contributed by atoms with Crippen LogP contribution in [0.25, 0.3) is 27.0 Å². The van der Waals surface area contributed by atoms with Crippen LogP contribution in [-0.4, -0.2) is 18.9 Å². The second-order valence-corrected chi connectivity index (χ2v) is 8.58. The third kappa shape index (κ3) is 3.36. The molecule has 0 unspecified atom stereocenters. The second-order valence-electron chi connectivity index (χ2n) is 6.78. The maximum Gasteiger partial charge on any atom is 0.263 e. The highest BCUT2D eigenvalue weighted by Gasteiger charge is 2.17. The highest BCUT2D eigenvalue weighted by Crippen LogP contribution is 2.32. The van der Waals surface area contributed by atoms with Crippen molar-refractivity contribution in [2.24, 2.45) is 0 Å². The molecule has 0 spiro atoms. The number of pyridine rings is 1. The highest BCUT2D eigenvalue weighted by atomic mass is 32.2. The Morgan fingerprint density at radius 3 is 2.73 bits per heavy atom. The molecule has 0 atom stereocenters. The standard InChI is InChI=1S/C23H18N4OS2/c1-2-11-27-22(28)20-18(16-8-4-3-5-9-16)15-29-21(20)25-23(27)30-14-17-13-26-12-7-6-10-19(26)24-17/h2-10,12-13,15H,1,11,14H2. The first kappa shape index (κ1) is 18.8. The molecule has 1 aromatic carbocycles. The Kier molecular flexibility index (Phi) is 4.98. The van der Waals surface area contributed by atoms with Crippen LogP contribution >= 0.6 is 23.1 Å². The van der Waals surface area contributed by atoms with Crippen LogP contribution < -0.4 is 5.56 Å². The zero-order valence-electron chi connectivity index (χ0n) is 16.1. The second kappa shape index (κ2) is 7.93. The van der Waals surface area contributed by atoms with Gasteiger partial charge in [0.1, 0.15) is 10.5 Å². The number of allylic oxidation sites excluding steroid dienone is 1. The van der Waals surface area contributed by atoms with Gasteiger partial charge >= 0.3 is 0 Å². The molecule has 0 amide bonds. The fraction of sp³-hybridized carbons (Fsp3) is 0.0870. The summed E-state index contributed by atoms with van der Waals surface area (Å²) in [5.74, 6) is 0.633. The molecular formula is C23H18N4OS2. The van der Waals surface area contributed by atoms with Crippen molar-refractivity contribution in [3.63, 3.8) is 0 Å². The molecule has 0 radical (unpaired) electrons. The van der Waals surface area contributed by atoms with E-state index in [2.05, 4.69) is 11.6 Å². The summed E-state index contributed by atoms with van der Waals surface area (Å²) in [4.78, 5) is 23.6. The Bertz CT molecular complexity index is 1380. The first-order valence-electron chi connectivity index (χ1n) is 9.48. The number of thioether (sulfide) groups is 1. The Morgan fingerprint density at radius 2 is 1.93 bits per heavy atom. The van der Waals surface area contributed by atoms with Gasteiger partial charge in [-0.2, -0.15) is 0 Å². The number of benzene rings is 1. The lowest BCUT2D eigenvalue weighted by Crippen LogP contribution is -2.22. The van der Waals surface area contributed by atoms with Crippen LogP contribution in [-0.2, 0) is 12.3 Å². The molecule has 0 bridgehead atoms. The van der Waals surface area contributed by atoms with Crippen molar-refractivity contribution in [2.45, 2.75) is 17.5 Å². The normalized spacial score (nSPS) is 11.3. The average Bonchev–Trinajstić information content (AvgIpc) is 3.39. The molecule has 0 fully saturated rings. The first-order chi connectivity index (χ1) is 14.7. The molecule has 4 aromatic heterocycles. The zero-order chi connectivity index (χ0) is 20.5. The summed E-state index contributed by atoms with van der Waals surface area (Å²) in [7, 11) is 0. The molecule has 4 heterocycles. The fourth-order valence-corrected chi connectivity index (χ4v) is 5.31. The maximum atomic E-state index is 13.4. The predicted molar refractivity (Wildman–Crippen MR) is 124 cm³/mol. The van der Waals surface area contributed by atoms with Gasteiger partial charge in [-0.3, -0.25) is 9.36 Å². The van der Waals surface area contributed by atoms with Gasteiger partial charge in [-0.1, -0.05) is 54.2 Å². The maximum absolute atomic E-state index is 13.4. The first-order valence-corrected chi connectivity index (χ1v) is 11.3. The summed E-state index contributed by atoms with van der Waals surface area (Å²) in [6, 6.07) is 15.9. The number of thiophene rings is 1. The van der Waals surface area contributed by atoms with E-state index in [4.69, 9.17) is 4.98 Å². The SMILES string of the molecule is C=CCn1c(SCc2cn3ccccc3n2)nc2scc(-c3ccccc3)c2c1=O. The largest absolute Gasteiger partial charge is 0.307 e. The van der Waals surface area contributed by atoms with E-state index in [0.717, 1.165) is 27.3 Å². The molecule has 7 heteroatoms. The molecule has 5 nitrogen and oxygen atoms in total. The van der Waals surface area contributed by atoms with E-state index in [1.807, 2.05) is 70.7 Å². The van der Waals surface area contributed by atoms with Crippen molar-refractivity contribution < 1.29 is 0 Å². The van der Waals surface area contributed by atoms with Crippen molar-refractivity contribution >= 4 is 39.0 Å². The molecule has 30 heavy (non-hydrogen) atoms. The van der Waals surface area contributed by atoms with Crippen molar-refractivity contribution in [3.8, 4) is 11.1 Å². The number of aromatic nitrogens is 4. The van der Waals surface area contributed by atoms with E-state index >= 15 is 0 Å². The van der Waals surface area contributed by atoms with Gasteiger partial charge in [-0.15, -0.1) is 17.9 Å². The summed E-state index contributed by atoms with van der Waals surface area (Å²) < 4.78 is 3.70. The van der Waals surface area contributed by atoms with Gasteiger partial charge in [-0.05, 0) is 17.7 Å². The smallest absolute Gasteiger partial charge is 0.263 e. The minimum atomic E-state index is -0.0301. The molecule has 0 aliphatic heterocycles. The topological polar surface area (TPSA) is 52.2 Å². The number of rotatable bonds is 6. The van der Waals surface area contributed by atoms with Gasteiger partial charge in [0.05, 0.1) is 11.1 Å². The number of hydrogen-bond donors (Lipinski definition) is 0. The molecule has 0 aliphatic rings. The van der Waals surface area contributed by atoms with Gasteiger partial charge in [0, 0.05) is 35.6 Å². The Balaban J connectivity index is 1.55. The predicted octanol–water partition coefficient (Wildman–Crippen LogP) is 5.25. The van der Waals surface area contributed by atoms with Crippen molar-refractivity contribution in [1.29, 1.82) is 0 Å². The number of nitrogens with zero attached hydrogens (tertiary/aromatic N) is 4. The lowest BCUT2D eigenvalue weighted by Gasteiger charge is -2.10. The highest BCUT2D eigenvalue weighted by molar-refractivity contribution is 7.98. The Hall–Kier alpha value is -3.16. The summed E-state index contributed by atoms with van der Waals surface area (Å²) in [5.41, 5.74) is 3.78. The fourth-order valence-electron chi connectivity index (χ4n) is 3.43. The Morgan fingerprint density at radius 1 is 1.10 bits per heavy atom. The van der Waals surface area contributed by atoms with E-state index < -0.39 is 0 Å². The van der Waals surface area contributed by atoms with Gasteiger partial charge in [0.25, 0.3) is 5.56 Å². The van der Waals surface area contributed by atoms with Crippen LogP contribution in [0, 0.1) is 0 Å². The quantitative estimate of drug-likeness (QED) is 0.210. The molecular weight excluding hydrogens is 412 g/mol. The summed E-state index contributed by atoms with van der Waals surface area (Å²) in [6.07, 6.45) is 5.72. The zero-order valence-corrected chi connectivity index (χ0v) is 17.7. The molecule has 0 aliphatic carbocycles. The van der Waals surface area contributed by atoms with E-state index in [1.54, 1.807) is 10.6 Å². The summed E-state index contributed by atoms with van der Waals surface area (Å²) in [6.45, 7) is 4.24. The van der Waals surface area contributed by atoms with Crippen LogP contribution in [0.15, 0.2) is 88.9 Å². The van der Waals surface area contributed by atoms with E-state index in [0.29, 0.717) is 22.8 Å². The molecule has 148 valence electrons. The minimum Gasteiger partial charge on any atom is -0.307 e. The number of fused-ring (bicyclic) bond motifs is 2. The van der Waals surface area contributed by atoms with Crippen LogP contribution in [0.4, 0.5) is 0 Å². The Labute approximate surface area is 181 Å². The van der Waals surface area contributed by atoms with Crippen molar-refractivity contribution in [1.82, 2.24) is 18.9 Å². The van der Waals surface area contributed by atoms with Crippen LogP contribution in [0.1, 0.15) is 5.69 Å². The monoisotopic (exact) mass is 430 g/mol. The van der Waals surface area contributed by atoms with Gasteiger partial charge in [0.2, 0.25) is 0 Å². The lowest BCUT2D eigenvalue weighted by molar-refractivity contribution is 0.673. The number of imidazole rings is 1. The lowest BCUT2D eigenvalue weighted by atomic mass is 10.1.